The molecule has 12 heteroatoms. The average molecular weight is 471 g/mol. The zero-order valence-corrected chi connectivity index (χ0v) is 18.3. The molecule has 2 amide bonds. The third-order valence-electron chi connectivity index (χ3n) is 5.64. The zero-order valence-electron chi connectivity index (χ0n) is 17.6. The van der Waals surface area contributed by atoms with Crippen LogP contribution in [0.3, 0.4) is 0 Å². The molecular formula is C21H23ClN8O3. The Kier molecular flexibility index (Phi) is 6.65. The van der Waals surface area contributed by atoms with Gasteiger partial charge >= 0.3 is 0 Å². The molecule has 11 nitrogen and oxygen atoms in total. The minimum atomic E-state index is -0.869. The van der Waals surface area contributed by atoms with Gasteiger partial charge in [-0.3, -0.25) is 15.0 Å². The van der Waals surface area contributed by atoms with E-state index in [1.165, 1.54) is 12.1 Å². The van der Waals surface area contributed by atoms with Crippen molar-refractivity contribution in [2.45, 2.75) is 24.9 Å². The van der Waals surface area contributed by atoms with E-state index in [4.69, 9.17) is 32.7 Å². The van der Waals surface area contributed by atoms with Gasteiger partial charge in [-0.05, 0) is 29.8 Å². The highest BCUT2D eigenvalue weighted by Gasteiger charge is 2.41. The summed E-state index contributed by atoms with van der Waals surface area (Å²) in [7, 11) is 0. The van der Waals surface area contributed by atoms with Crippen LogP contribution in [0.25, 0.3) is 0 Å². The van der Waals surface area contributed by atoms with Crippen LogP contribution in [0.5, 0.6) is 0 Å². The number of nitrogens with two attached hydrogens (primary N) is 1. The summed E-state index contributed by atoms with van der Waals surface area (Å²) in [6, 6.07) is 10.4. The van der Waals surface area contributed by atoms with Gasteiger partial charge in [-0.25, -0.2) is 21.8 Å². The van der Waals surface area contributed by atoms with Crippen molar-refractivity contribution in [2.75, 3.05) is 18.5 Å². The Hall–Kier alpha value is -3.38. The van der Waals surface area contributed by atoms with E-state index in [9.17, 15) is 9.59 Å². The molecule has 33 heavy (non-hydrogen) atoms. The van der Waals surface area contributed by atoms with Crippen molar-refractivity contribution in [1.82, 2.24) is 16.3 Å². The fraction of sp³-hybridized carbons (Fsp3) is 0.286. The van der Waals surface area contributed by atoms with Crippen LogP contribution in [0.2, 0.25) is 5.02 Å². The molecule has 1 spiro atoms. The first kappa shape index (κ1) is 22.8. The van der Waals surface area contributed by atoms with Crippen LogP contribution in [0, 0.1) is 5.53 Å². The zero-order chi connectivity index (χ0) is 23.4. The Labute approximate surface area is 194 Å². The number of benzene rings is 2. The standard InChI is InChI=1S/C21H23ClN8O3/c22-13-3-1-2-12(8-13)11-25-30-20-21(4-6-33-7-5-21)27-17-10-15(19(32)29-24)14(18(31)28-23)9-16(17)26-20/h1-3,8-10,23,25,27H,4-7,11,24H2,(H,26,30)(H,29,32). The first-order valence-electron chi connectivity index (χ1n) is 10.2. The Morgan fingerprint density at radius 3 is 2.73 bits per heavy atom. The lowest BCUT2D eigenvalue weighted by molar-refractivity contribution is 0.0768. The average Bonchev–Trinajstić information content (AvgIpc) is 2.83. The molecule has 2 aromatic carbocycles. The number of fused-ring (bicyclic) bond motifs is 1. The molecular weight excluding hydrogens is 448 g/mol. The monoisotopic (exact) mass is 470 g/mol. The number of amidine groups is 1. The smallest absolute Gasteiger partial charge is 0.295 e. The van der Waals surface area contributed by atoms with Crippen molar-refractivity contribution in [2.24, 2.45) is 15.9 Å². The number of anilines is 1. The summed E-state index contributed by atoms with van der Waals surface area (Å²) in [6.45, 7) is 1.56. The summed E-state index contributed by atoms with van der Waals surface area (Å²) in [5.74, 6) is 4.37. The van der Waals surface area contributed by atoms with E-state index in [0.29, 0.717) is 54.8 Å². The highest BCUT2D eigenvalue weighted by Crippen LogP contribution is 2.39. The summed E-state index contributed by atoms with van der Waals surface area (Å²) in [4.78, 5) is 29.2. The molecule has 7 N–H and O–H groups in total. The Morgan fingerprint density at radius 1 is 1.24 bits per heavy atom. The Bertz CT molecular complexity index is 1130. The Balaban J connectivity index is 1.68. The van der Waals surface area contributed by atoms with Gasteiger partial charge in [0, 0.05) is 37.6 Å². The number of hydrogen-bond donors (Lipinski definition) is 6. The minimum Gasteiger partial charge on any atom is -0.381 e. The second-order valence-corrected chi connectivity index (χ2v) is 8.13. The fourth-order valence-electron chi connectivity index (χ4n) is 3.93. The van der Waals surface area contributed by atoms with Gasteiger partial charge in [0.1, 0.15) is 11.4 Å². The number of carbonyl (C=O) groups is 2. The molecule has 2 heterocycles. The number of nitrogens with one attached hydrogen (secondary N) is 5. The number of hydrazine groups is 2. The number of ether oxygens (including phenoxy) is 1. The molecule has 4 rings (SSSR count). The van der Waals surface area contributed by atoms with E-state index in [1.54, 1.807) is 0 Å². The van der Waals surface area contributed by atoms with Crippen molar-refractivity contribution in [3.05, 3.63) is 58.1 Å². The number of carbonyl (C=O) groups excluding carboxylic acids is 2. The van der Waals surface area contributed by atoms with E-state index >= 15 is 0 Å². The summed E-state index contributed by atoms with van der Waals surface area (Å²) in [6.07, 6.45) is 1.27. The van der Waals surface area contributed by atoms with Gasteiger partial charge in [0.05, 0.1) is 22.5 Å². The van der Waals surface area contributed by atoms with Crippen LogP contribution in [0.15, 0.2) is 46.5 Å². The van der Waals surface area contributed by atoms with Gasteiger partial charge in [-0.2, -0.15) is 0 Å². The SMILES string of the molecule is N=NC(=O)c1cc2c(cc1C(=O)NN)NC1(CCOCC1)C(NNCc1cccc(Cl)c1)=N2. The van der Waals surface area contributed by atoms with E-state index in [0.717, 1.165) is 5.56 Å². The predicted octanol–water partition coefficient (Wildman–Crippen LogP) is 2.41. The predicted molar refractivity (Wildman–Crippen MR) is 123 cm³/mol. The van der Waals surface area contributed by atoms with E-state index in [2.05, 4.69) is 21.3 Å². The summed E-state index contributed by atoms with van der Waals surface area (Å²) in [5.41, 5.74) is 16.8. The number of amides is 2. The molecule has 0 saturated carbocycles. The minimum absolute atomic E-state index is 0.0117. The first-order chi connectivity index (χ1) is 16.0. The van der Waals surface area contributed by atoms with Gasteiger partial charge in [-0.1, -0.05) is 23.7 Å². The molecule has 1 fully saturated rings. The van der Waals surface area contributed by atoms with Crippen LogP contribution < -0.4 is 27.4 Å². The van der Waals surface area contributed by atoms with Crippen molar-refractivity contribution >= 4 is 40.6 Å². The third-order valence-corrected chi connectivity index (χ3v) is 5.87. The molecule has 0 radical (unpaired) electrons. The second kappa shape index (κ2) is 9.63. The molecule has 2 aliphatic rings. The number of rotatable bonds is 5. The normalized spacial score (nSPS) is 16.2. The highest BCUT2D eigenvalue weighted by molar-refractivity contribution is 6.30. The lowest BCUT2D eigenvalue weighted by Crippen LogP contribution is -2.59. The molecule has 0 aliphatic carbocycles. The maximum atomic E-state index is 12.3. The number of nitrogens with zero attached hydrogens (tertiary/aromatic N) is 2. The number of halogens is 1. The van der Waals surface area contributed by atoms with Crippen molar-refractivity contribution < 1.29 is 14.3 Å². The molecule has 1 saturated heterocycles. The van der Waals surface area contributed by atoms with Crippen LogP contribution in [0.1, 0.15) is 39.1 Å². The molecule has 2 aliphatic heterocycles. The number of hydrogen-bond acceptors (Lipinski definition) is 9. The van der Waals surface area contributed by atoms with Crippen molar-refractivity contribution in [1.29, 1.82) is 5.53 Å². The van der Waals surface area contributed by atoms with Crippen LogP contribution in [0.4, 0.5) is 11.4 Å². The lowest BCUT2D eigenvalue weighted by atomic mass is 9.86. The second-order valence-electron chi connectivity index (χ2n) is 7.69. The fourth-order valence-corrected chi connectivity index (χ4v) is 4.15. The molecule has 0 atom stereocenters. The van der Waals surface area contributed by atoms with Gasteiger partial charge < -0.3 is 15.5 Å². The van der Waals surface area contributed by atoms with Gasteiger partial charge in [0.25, 0.3) is 11.8 Å². The summed E-state index contributed by atoms with van der Waals surface area (Å²) < 4.78 is 5.55. The van der Waals surface area contributed by atoms with Crippen molar-refractivity contribution in [3.8, 4) is 0 Å². The molecule has 0 aromatic heterocycles. The quantitative estimate of drug-likeness (QED) is 0.169. The largest absolute Gasteiger partial charge is 0.381 e. The van der Waals surface area contributed by atoms with E-state index in [-0.39, 0.29) is 11.1 Å². The van der Waals surface area contributed by atoms with Gasteiger partial charge in [0.15, 0.2) is 0 Å². The third kappa shape index (κ3) is 4.71. The maximum absolute atomic E-state index is 12.3. The van der Waals surface area contributed by atoms with Crippen LogP contribution in [-0.2, 0) is 11.3 Å². The number of aliphatic imine (C=N–C) groups is 1. The topological polar surface area (TPSA) is 166 Å². The summed E-state index contributed by atoms with van der Waals surface area (Å²) >= 11 is 6.06. The Morgan fingerprint density at radius 2 is 2.03 bits per heavy atom. The first-order valence-corrected chi connectivity index (χ1v) is 10.6. The molecule has 172 valence electrons. The van der Waals surface area contributed by atoms with Gasteiger partial charge in [-0.15, -0.1) is 5.11 Å². The van der Waals surface area contributed by atoms with Crippen LogP contribution >= 0.6 is 11.6 Å². The van der Waals surface area contributed by atoms with E-state index < -0.39 is 17.4 Å². The van der Waals surface area contributed by atoms with Crippen molar-refractivity contribution in [3.63, 3.8) is 0 Å². The molecule has 0 unspecified atom stereocenters. The molecule has 2 aromatic rings. The summed E-state index contributed by atoms with van der Waals surface area (Å²) in [5, 5.41) is 7.07. The van der Waals surface area contributed by atoms with Crippen LogP contribution in [-0.4, -0.2) is 36.4 Å². The maximum Gasteiger partial charge on any atom is 0.295 e. The highest BCUT2D eigenvalue weighted by atomic mass is 35.5. The lowest BCUT2D eigenvalue weighted by Gasteiger charge is -2.42. The van der Waals surface area contributed by atoms with Gasteiger partial charge in [0.2, 0.25) is 0 Å². The molecule has 0 bridgehead atoms. The number of nitrogen functional groups attached to an aromatic ring is 1. The van der Waals surface area contributed by atoms with E-state index in [1.807, 2.05) is 29.7 Å².